The Labute approximate surface area is 122 Å². The van der Waals surface area contributed by atoms with Crippen LogP contribution in [-0.4, -0.2) is 45.8 Å². The second-order valence-corrected chi connectivity index (χ2v) is 7.22. The normalized spacial score (nSPS) is 42.6. The minimum atomic E-state index is -0.869. The molecule has 0 bridgehead atoms. The van der Waals surface area contributed by atoms with Crippen molar-refractivity contribution < 1.29 is 19.7 Å². The molecule has 0 aliphatic carbocycles. The highest BCUT2D eigenvalue weighted by Crippen LogP contribution is 2.42. The maximum absolute atomic E-state index is 10.6. The highest BCUT2D eigenvalue weighted by Gasteiger charge is 2.48. The number of hydrogen-bond acceptors (Lipinski definition) is 4. The largest absolute Gasteiger partial charge is 0.393 e. The molecule has 20 heavy (non-hydrogen) atoms. The molecule has 2 saturated heterocycles. The minimum Gasteiger partial charge on any atom is -0.393 e. The predicted octanol–water partition coefficient (Wildman–Crippen LogP) is 2.40. The van der Waals surface area contributed by atoms with Crippen LogP contribution in [0, 0.1) is 0 Å². The topological polar surface area (TPSA) is 58.9 Å². The van der Waals surface area contributed by atoms with Gasteiger partial charge in [0.15, 0.2) is 0 Å². The first kappa shape index (κ1) is 16.2. The van der Waals surface area contributed by atoms with Gasteiger partial charge in [0.1, 0.15) is 0 Å². The quantitative estimate of drug-likeness (QED) is 0.815. The van der Waals surface area contributed by atoms with Crippen molar-refractivity contribution in [2.45, 2.75) is 102 Å². The van der Waals surface area contributed by atoms with E-state index in [9.17, 15) is 10.2 Å². The zero-order chi connectivity index (χ0) is 15.0. The number of ether oxygens (including phenoxy) is 2. The molecule has 2 N–H and O–H groups in total. The molecule has 0 spiro atoms. The maximum atomic E-state index is 10.6. The molecule has 0 radical (unpaired) electrons. The van der Waals surface area contributed by atoms with Gasteiger partial charge in [0, 0.05) is 0 Å². The molecule has 2 rings (SSSR count). The molecular formula is C16H30O4. The molecule has 4 heteroatoms. The molecule has 2 heterocycles. The molecule has 6 atom stereocenters. The first-order valence-electron chi connectivity index (χ1n) is 7.97. The molecule has 2 aliphatic heterocycles. The number of rotatable bonds is 5. The molecule has 0 aromatic rings. The Hall–Kier alpha value is -0.160. The van der Waals surface area contributed by atoms with E-state index >= 15 is 0 Å². The van der Waals surface area contributed by atoms with Crippen molar-refractivity contribution in [2.75, 3.05) is 0 Å². The van der Waals surface area contributed by atoms with Crippen LogP contribution in [-0.2, 0) is 9.47 Å². The third-order valence-electron chi connectivity index (χ3n) is 4.98. The van der Waals surface area contributed by atoms with E-state index in [-0.39, 0.29) is 23.9 Å². The summed E-state index contributed by atoms with van der Waals surface area (Å²) in [6, 6.07) is 0. The average Bonchev–Trinajstić information content (AvgIpc) is 2.95. The lowest BCUT2D eigenvalue weighted by Gasteiger charge is -2.34. The van der Waals surface area contributed by atoms with Crippen LogP contribution < -0.4 is 0 Å². The summed E-state index contributed by atoms with van der Waals surface area (Å²) in [5.41, 5.74) is -1.07. The number of aliphatic hydroxyl groups excluding tert-OH is 1. The van der Waals surface area contributed by atoms with Gasteiger partial charge >= 0.3 is 0 Å². The van der Waals surface area contributed by atoms with Gasteiger partial charge in [-0.1, -0.05) is 0 Å². The summed E-state index contributed by atoms with van der Waals surface area (Å²) in [6.07, 6.45) is 4.94. The predicted molar refractivity (Wildman–Crippen MR) is 77.6 cm³/mol. The maximum Gasteiger partial charge on any atom is 0.0919 e. The van der Waals surface area contributed by atoms with Gasteiger partial charge in [0.25, 0.3) is 0 Å². The van der Waals surface area contributed by atoms with Gasteiger partial charge in [-0.25, -0.2) is 0 Å². The Bertz CT molecular complexity index is 328. The zero-order valence-electron chi connectivity index (χ0n) is 13.3. The fourth-order valence-electron chi connectivity index (χ4n) is 3.51. The average molecular weight is 286 g/mol. The lowest BCUT2D eigenvalue weighted by molar-refractivity contribution is -0.158. The highest BCUT2D eigenvalue weighted by molar-refractivity contribution is 4.98. The van der Waals surface area contributed by atoms with Crippen LogP contribution in [0.15, 0.2) is 0 Å². The summed E-state index contributed by atoms with van der Waals surface area (Å²) in [4.78, 5) is 0. The Balaban J connectivity index is 1.91. The lowest BCUT2D eigenvalue weighted by atomic mass is 9.89. The van der Waals surface area contributed by atoms with Crippen molar-refractivity contribution in [3.8, 4) is 0 Å². The summed E-state index contributed by atoms with van der Waals surface area (Å²) in [6.45, 7) is 7.82. The summed E-state index contributed by atoms with van der Waals surface area (Å²) < 4.78 is 12.2. The van der Waals surface area contributed by atoms with E-state index < -0.39 is 5.60 Å². The van der Waals surface area contributed by atoms with Crippen LogP contribution in [0.4, 0.5) is 0 Å². The standard InChI is InChI=1S/C16H30O4/c1-11(17)7-9-15(3,18)13-5-6-14(19-13)16(4)10-8-12(2)20-16/h11-14,17-18H,5-10H2,1-4H3/t11-,12-,13+,14-,15-,16+/m0/s1. The van der Waals surface area contributed by atoms with E-state index in [4.69, 9.17) is 9.47 Å². The second-order valence-electron chi connectivity index (χ2n) is 7.22. The van der Waals surface area contributed by atoms with Crippen molar-refractivity contribution in [1.82, 2.24) is 0 Å². The third kappa shape index (κ3) is 3.53. The smallest absolute Gasteiger partial charge is 0.0919 e. The summed E-state index contributed by atoms with van der Waals surface area (Å²) >= 11 is 0. The molecule has 0 saturated carbocycles. The third-order valence-corrected chi connectivity index (χ3v) is 4.98. The Kier molecular flexibility index (Phi) is 4.80. The van der Waals surface area contributed by atoms with Gasteiger partial charge < -0.3 is 19.7 Å². The molecule has 2 aliphatic rings. The number of hydrogen-bond donors (Lipinski definition) is 2. The highest BCUT2D eigenvalue weighted by atomic mass is 16.6. The zero-order valence-corrected chi connectivity index (χ0v) is 13.3. The van der Waals surface area contributed by atoms with Gasteiger partial charge in [-0.2, -0.15) is 0 Å². The van der Waals surface area contributed by atoms with Crippen molar-refractivity contribution in [2.24, 2.45) is 0 Å². The van der Waals surface area contributed by atoms with Crippen LogP contribution in [0.3, 0.4) is 0 Å². The molecule has 2 fully saturated rings. The fourth-order valence-corrected chi connectivity index (χ4v) is 3.51. The molecule has 118 valence electrons. The van der Waals surface area contributed by atoms with Gasteiger partial charge in [0.05, 0.1) is 35.6 Å². The monoisotopic (exact) mass is 286 g/mol. The molecule has 0 unspecified atom stereocenters. The Morgan fingerprint density at radius 2 is 2.05 bits per heavy atom. The van der Waals surface area contributed by atoms with Crippen molar-refractivity contribution in [1.29, 1.82) is 0 Å². The number of aliphatic hydroxyl groups is 2. The van der Waals surface area contributed by atoms with Crippen LogP contribution in [0.1, 0.15) is 66.2 Å². The van der Waals surface area contributed by atoms with E-state index in [0.717, 1.165) is 25.7 Å². The van der Waals surface area contributed by atoms with E-state index in [1.54, 1.807) is 6.92 Å². The van der Waals surface area contributed by atoms with Gasteiger partial charge in [0.2, 0.25) is 0 Å². The van der Waals surface area contributed by atoms with Crippen LogP contribution >= 0.6 is 0 Å². The Morgan fingerprint density at radius 3 is 2.60 bits per heavy atom. The molecule has 4 nitrogen and oxygen atoms in total. The van der Waals surface area contributed by atoms with Crippen molar-refractivity contribution >= 4 is 0 Å². The first-order chi connectivity index (χ1) is 9.23. The molecular weight excluding hydrogens is 256 g/mol. The van der Waals surface area contributed by atoms with E-state index in [2.05, 4.69) is 13.8 Å². The van der Waals surface area contributed by atoms with E-state index in [1.807, 2.05) is 6.92 Å². The molecule has 0 aromatic carbocycles. The second kappa shape index (κ2) is 5.91. The van der Waals surface area contributed by atoms with Crippen LogP contribution in [0.5, 0.6) is 0 Å². The van der Waals surface area contributed by atoms with E-state index in [1.165, 1.54) is 0 Å². The minimum absolute atomic E-state index is 0.0791. The molecule has 0 amide bonds. The Morgan fingerprint density at radius 1 is 1.35 bits per heavy atom. The van der Waals surface area contributed by atoms with Crippen molar-refractivity contribution in [3.05, 3.63) is 0 Å². The SMILES string of the molecule is C[C@H](O)CC[C@](C)(O)[C@H]1CC[C@@H]([C@@]2(C)CC[C@H](C)O2)O1. The fraction of sp³-hybridized carbons (Fsp3) is 1.00. The van der Waals surface area contributed by atoms with Gasteiger partial charge in [-0.05, 0) is 66.2 Å². The first-order valence-corrected chi connectivity index (χ1v) is 7.97. The van der Waals surface area contributed by atoms with Crippen LogP contribution in [0.2, 0.25) is 0 Å². The summed E-state index contributed by atoms with van der Waals surface area (Å²) in [7, 11) is 0. The van der Waals surface area contributed by atoms with Gasteiger partial charge in [-0.15, -0.1) is 0 Å². The van der Waals surface area contributed by atoms with Crippen LogP contribution in [0.25, 0.3) is 0 Å². The molecule has 0 aromatic heterocycles. The van der Waals surface area contributed by atoms with Crippen molar-refractivity contribution in [3.63, 3.8) is 0 Å². The van der Waals surface area contributed by atoms with E-state index in [0.29, 0.717) is 18.9 Å². The summed E-state index contributed by atoms with van der Waals surface area (Å²) in [5, 5.41) is 20.0. The lowest BCUT2D eigenvalue weighted by Crippen LogP contribution is -2.44. The summed E-state index contributed by atoms with van der Waals surface area (Å²) in [5.74, 6) is 0. The van der Waals surface area contributed by atoms with Gasteiger partial charge in [-0.3, -0.25) is 0 Å².